The molecule has 57 heavy (non-hydrogen) atoms. The van der Waals surface area contributed by atoms with E-state index >= 15 is 0 Å². The molecule has 4 heterocycles. The summed E-state index contributed by atoms with van der Waals surface area (Å²) in [4.78, 5) is 56.0. The van der Waals surface area contributed by atoms with Gasteiger partial charge in [-0.15, -0.1) is 0 Å². The first-order chi connectivity index (χ1) is 27.3. The van der Waals surface area contributed by atoms with Crippen LogP contribution in [-0.2, 0) is 18.6 Å². The van der Waals surface area contributed by atoms with Crippen LogP contribution in [-0.4, -0.2) is 89.7 Å². The summed E-state index contributed by atoms with van der Waals surface area (Å²) in [5.74, 6) is -1.17. The maximum atomic E-state index is 15.0. The molecule has 1 aliphatic rings. The van der Waals surface area contributed by atoms with E-state index < -0.39 is 28.8 Å². The summed E-state index contributed by atoms with van der Waals surface area (Å²) in [5, 5.41) is 32.3. The quantitative estimate of drug-likeness (QED) is 0.114. The van der Waals surface area contributed by atoms with E-state index in [-0.39, 0.29) is 53.4 Å². The lowest BCUT2D eigenvalue weighted by Crippen LogP contribution is -2.49. The third-order valence-electron chi connectivity index (χ3n) is 9.78. The van der Waals surface area contributed by atoms with Gasteiger partial charge in [-0.1, -0.05) is 30.3 Å². The van der Waals surface area contributed by atoms with E-state index in [1.165, 1.54) is 33.8 Å². The number of hydrogen-bond acceptors (Lipinski definition) is 11. The van der Waals surface area contributed by atoms with Crippen LogP contribution in [0.15, 0.2) is 95.9 Å². The largest absolute Gasteiger partial charge is 0.394 e. The van der Waals surface area contributed by atoms with E-state index in [2.05, 4.69) is 25.2 Å². The molecule has 0 bridgehead atoms. The Bertz CT molecular complexity index is 2550. The zero-order valence-electron chi connectivity index (χ0n) is 31.3. The summed E-state index contributed by atoms with van der Waals surface area (Å²) in [6.07, 6.45) is 1.50. The standard InChI is InChI=1S/C41H41FN10O5/c1-41(2,57)34-8-5-9-35(47-34)52-37-31(39(56)51(52)20-21-53)24-45-40(48-37)46-26-11-13-27(14-12-26)49-16-18-50(19-17-49)38(55)30-22-25(10-15-32(30)42)23-33(43)28-6-3-4-7-29(28)36(44)54/h3-15,22,24,43,53,57H,16-21,23H2,1-2H3,(H2,44,54)(H,45,46,48). The van der Waals surface area contributed by atoms with Crippen LogP contribution in [0, 0.1) is 11.2 Å². The lowest BCUT2D eigenvalue weighted by molar-refractivity contribution is 0.0733. The summed E-state index contributed by atoms with van der Waals surface area (Å²) in [6.45, 7) is 4.67. The number of pyridine rings is 1. The molecule has 3 aromatic carbocycles. The molecule has 0 saturated carbocycles. The fourth-order valence-electron chi connectivity index (χ4n) is 6.83. The van der Waals surface area contributed by atoms with Crippen LogP contribution in [0.1, 0.15) is 51.4 Å². The zero-order chi connectivity index (χ0) is 40.4. The van der Waals surface area contributed by atoms with Crippen LogP contribution < -0.4 is 21.5 Å². The van der Waals surface area contributed by atoms with Gasteiger partial charge < -0.3 is 36.5 Å². The summed E-state index contributed by atoms with van der Waals surface area (Å²) in [6, 6.07) is 23.4. The van der Waals surface area contributed by atoms with Gasteiger partial charge in [0.1, 0.15) is 16.8 Å². The van der Waals surface area contributed by atoms with Gasteiger partial charge in [0.05, 0.1) is 24.4 Å². The first-order valence-electron chi connectivity index (χ1n) is 18.3. The molecule has 2 amide bonds. The second kappa shape index (κ2) is 15.8. The zero-order valence-corrected chi connectivity index (χ0v) is 31.3. The number of piperazine rings is 1. The van der Waals surface area contributed by atoms with Crippen molar-refractivity contribution in [2.45, 2.75) is 32.4 Å². The minimum atomic E-state index is -1.23. The molecule has 6 N–H and O–H groups in total. The number of aliphatic hydroxyl groups excluding tert-OH is 1. The summed E-state index contributed by atoms with van der Waals surface area (Å²) in [5.41, 5.74) is 7.34. The van der Waals surface area contributed by atoms with E-state index in [1.807, 2.05) is 24.3 Å². The van der Waals surface area contributed by atoms with Crippen LogP contribution in [0.3, 0.4) is 0 Å². The highest BCUT2D eigenvalue weighted by Crippen LogP contribution is 2.25. The van der Waals surface area contributed by atoms with Gasteiger partial charge in [-0.2, -0.15) is 4.98 Å². The van der Waals surface area contributed by atoms with Crippen LogP contribution in [0.25, 0.3) is 16.9 Å². The fourth-order valence-corrected chi connectivity index (χ4v) is 6.83. The molecule has 16 heteroatoms. The number of nitrogens with one attached hydrogen (secondary N) is 2. The molecule has 6 aromatic rings. The molecule has 0 spiro atoms. The van der Waals surface area contributed by atoms with Crippen molar-refractivity contribution in [3.8, 4) is 5.82 Å². The highest BCUT2D eigenvalue weighted by atomic mass is 19.1. The Morgan fingerprint density at radius 2 is 1.65 bits per heavy atom. The number of hydrogen-bond donors (Lipinski definition) is 5. The number of halogens is 1. The number of amides is 2. The van der Waals surface area contributed by atoms with Gasteiger partial charge in [-0.3, -0.25) is 14.4 Å². The van der Waals surface area contributed by atoms with Crippen molar-refractivity contribution in [3.63, 3.8) is 0 Å². The number of anilines is 3. The lowest BCUT2D eigenvalue weighted by atomic mass is 9.96. The Kier molecular flexibility index (Phi) is 10.6. The Hall–Kier alpha value is -6.78. The van der Waals surface area contributed by atoms with Crippen LogP contribution in [0.4, 0.5) is 21.7 Å². The van der Waals surface area contributed by atoms with E-state index in [0.717, 1.165) is 5.69 Å². The highest BCUT2D eigenvalue weighted by Gasteiger charge is 2.26. The average Bonchev–Trinajstić information content (AvgIpc) is 3.48. The Labute approximate surface area is 326 Å². The molecular weight excluding hydrogens is 732 g/mol. The number of benzene rings is 3. The van der Waals surface area contributed by atoms with E-state index in [0.29, 0.717) is 54.5 Å². The minimum absolute atomic E-state index is 0.0106. The number of nitrogens with zero attached hydrogens (tertiary/aromatic N) is 7. The molecule has 1 saturated heterocycles. The molecule has 3 aromatic heterocycles. The lowest BCUT2D eigenvalue weighted by Gasteiger charge is -2.36. The Balaban J connectivity index is 1.02. The highest BCUT2D eigenvalue weighted by molar-refractivity contribution is 6.09. The van der Waals surface area contributed by atoms with E-state index in [9.17, 15) is 29.0 Å². The monoisotopic (exact) mass is 772 g/mol. The average molecular weight is 773 g/mol. The summed E-state index contributed by atoms with van der Waals surface area (Å²) < 4.78 is 17.8. The smallest absolute Gasteiger partial charge is 0.278 e. The molecule has 1 fully saturated rings. The van der Waals surface area contributed by atoms with Gasteiger partial charge in [0.25, 0.3) is 11.5 Å². The predicted octanol–water partition coefficient (Wildman–Crippen LogP) is 3.75. The summed E-state index contributed by atoms with van der Waals surface area (Å²) >= 11 is 0. The van der Waals surface area contributed by atoms with Crippen molar-refractivity contribution in [2.24, 2.45) is 5.73 Å². The topological polar surface area (TPSA) is 209 Å². The predicted molar refractivity (Wildman–Crippen MR) is 213 cm³/mol. The Morgan fingerprint density at radius 3 is 2.33 bits per heavy atom. The molecular formula is C41H41FN10O5. The number of carbonyl (C=O) groups excluding carboxylic acids is 2. The van der Waals surface area contributed by atoms with Gasteiger partial charge in [-0.05, 0) is 74.0 Å². The maximum absolute atomic E-state index is 15.0. The number of rotatable bonds is 12. The van der Waals surface area contributed by atoms with Crippen LogP contribution in [0.2, 0.25) is 0 Å². The maximum Gasteiger partial charge on any atom is 0.278 e. The molecule has 0 aliphatic carbocycles. The van der Waals surface area contributed by atoms with Crippen molar-refractivity contribution < 1.29 is 24.2 Å². The molecule has 15 nitrogen and oxygen atoms in total. The van der Waals surface area contributed by atoms with Crippen molar-refractivity contribution in [3.05, 3.63) is 135 Å². The van der Waals surface area contributed by atoms with Gasteiger partial charge in [0.2, 0.25) is 11.9 Å². The molecule has 0 radical (unpaired) electrons. The number of aliphatic hydroxyl groups is 2. The number of aromatic nitrogens is 5. The van der Waals surface area contributed by atoms with Crippen LogP contribution >= 0.6 is 0 Å². The van der Waals surface area contributed by atoms with Gasteiger partial charge in [0, 0.05) is 67.0 Å². The van der Waals surface area contributed by atoms with Gasteiger partial charge in [0.15, 0.2) is 11.5 Å². The molecule has 0 atom stereocenters. The van der Waals surface area contributed by atoms with Gasteiger partial charge in [-0.25, -0.2) is 23.7 Å². The number of fused-ring (bicyclic) bond motifs is 1. The van der Waals surface area contributed by atoms with Crippen molar-refractivity contribution in [2.75, 3.05) is 43.0 Å². The first kappa shape index (κ1) is 38.5. The SMILES string of the molecule is CC(C)(O)c1cccc(-n2c3nc(Nc4ccc(N5CCN(C(=O)c6cc(CC(=N)c7ccccc7C(N)=O)ccc6F)CC5)cc4)ncc3c(=O)n2CCO)n1. The number of primary amides is 1. The van der Waals surface area contributed by atoms with E-state index in [1.54, 1.807) is 61.2 Å². The second-order valence-electron chi connectivity index (χ2n) is 14.2. The second-order valence-corrected chi connectivity index (χ2v) is 14.2. The third kappa shape index (κ3) is 7.99. The molecule has 7 rings (SSSR count). The van der Waals surface area contributed by atoms with E-state index in [4.69, 9.17) is 11.1 Å². The molecule has 292 valence electrons. The summed E-state index contributed by atoms with van der Waals surface area (Å²) in [7, 11) is 0. The fraction of sp³-hybridized carbons (Fsp3) is 0.244. The molecule has 0 unspecified atom stereocenters. The van der Waals surface area contributed by atoms with Crippen molar-refractivity contribution >= 4 is 45.9 Å². The van der Waals surface area contributed by atoms with Gasteiger partial charge >= 0.3 is 0 Å². The minimum Gasteiger partial charge on any atom is -0.394 e. The number of carbonyl (C=O) groups is 2. The first-order valence-corrected chi connectivity index (χ1v) is 18.3. The van der Waals surface area contributed by atoms with Crippen molar-refractivity contribution in [1.29, 1.82) is 5.41 Å². The number of nitrogens with two attached hydrogens (primary N) is 1. The van der Waals surface area contributed by atoms with Crippen molar-refractivity contribution in [1.82, 2.24) is 29.2 Å². The van der Waals surface area contributed by atoms with Crippen LogP contribution in [0.5, 0.6) is 0 Å². The normalized spacial score (nSPS) is 13.2. The Morgan fingerprint density at radius 1 is 0.930 bits per heavy atom. The molecule has 1 aliphatic heterocycles. The third-order valence-corrected chi connectivity index (χ3v) is 9.78.